The van der Waals surface area contributed by atoms with Crippen LogP contribution in [-0.2, 0) is 22.3 Å². The number of fused-ring (bicyclic) bond motifs is 3. The summed E-state index contributed by atoms with van der Waals surface area (Å²) >= 11 is 0. The van der Waals surface area contributed by atoms with E-state index in [1.807, 2.05) is 0 Å². The highest BCUT2D eigenvalue weighted by molar-refractivity contribution is 6.06. The van der Waals surface area contributed by atoms with Gasteiger partial charge in [-0.2, -0.15) is 18.3 Å². The second kappa shape index (κ2) is 8.23. The summed E-state index contributed by atoms with van der Waals surface area (Å²) in [6.07, 6.45) is -4.47. The SMILES string of the molecule is COc1nc(C)cc2c1-c1cc(C)nn1CC(=O)N2CC(=O)Nc1ccc(C(F)(F)F)cc1. The highest BCUT2D eigenvalue weighted by atomic mass is 19.4. The third-order valence-electron chi connectivity index (χ3n) is 5.12. The van der Waals surface area contributed by atoms with Gasteiger partial charge in [-0.15, -0.1) is 0 Å². The Bertz CT molecular complexity index is 1240. The number of pyridine rings is 1. The molecule has 1 aliphatic rings. The van der Waals surface area contributed by atoms with Gasteiger partial charge in [0.2, 0.25) is 17.7 Å². The standard InChI is InChI=1S/C22H20F3N5O3/c1-12-8-16-20(21(26-12)33-3)17-9-13(2)28-30(17)11-19(32)29(16)10-18(31)27-15-6-4-14(5-7-15)22(23,24)25/h4-9H,10-11H2,1-3H3,(H,27,31). The monoisotopic (exact) mass is 459 g/mol. The highest BCUT2D eigenvalue weighted by Gasteiger charge is 2.32. The number of nitrogens with zero attached hydrogens (tertiary/aromatic N) is 4. The molecule has 8 nitrogen and oxygen atoms in total. The van der Waals surface area contributed by atoms with Crippen molar-refractivity contribution in [3.05, 3.63) is 53.3 Å². The number of ether oxygens (including phenoxy) is 1. The van der Waals surface area contributed by atoms with Crippen molar-refractivity contribution in [1.29, 1.82) is 0 Å². The maximum atomic E-state index is 13.1. The van der Waals surface area contributed by atoms with E-state index >= 15 is 0 Å². The van der Waals surface area contributed by atoms with Crippen molar-refractivity contribution in [1.82, 2.24) is 14.8 Å². The maximum Gasteiger partial charge on any atom is 0.416 e. The smallest absolute Gasteiger partial charge is 0.416 e. The lowest BCUT2D eigenvalue weighted by molar-refractivity contribution is -0.137. The van der Waals surface area contributed by atoms with Gasteiger partial charge in [-0.3, -0.25) is 14.3 Å². The number of amides is 2. The summed E-state index contributed by atoms with van der Waals surface area (Å²) in [5.41, 5.74) is 2.24. The van der Waals surface area contributed by atoms with Gasteiger partial charge in [0.25, 0.3) is 0 Å². The van der Waals surface area contributed by atoms with E-state index in [1.54, 1.807) is 26.0 Å². The summed E-state index contributed by atoms with van der Waals surface area (Å²) in [5.74, 6) is -0.666. The lowest BCUT2D eigenvalue weighted by Crippen LogP contribution is -2.39. The second-order valence-corrected chi connectivity index (χ2v) is 7.60. The summed E-state index contributed by atoms with van der Waals surface area (Å²) < 4.78 is 45.3. The van der Waals surface area contributed by atoms with Gasteiger partial charge in [-0.1, -0.05) is 0 Å². The van der Waals surface area contributed by atoms with Crippen LogP contribution in [0.1, 0.15) is 17.0 Å². The fraction of sp³-hybridized carbons (Fsp3) is 0.273. The molecule has 172 valence electrons. The molecule has 0 spiro atoms. The number of anilines is 2. The number of aryl methyl sites for hydroxylation is 2. The second-order valence-electron chi connectivity index (χ2n) is 7.60. The summed E-state index contributed by atoms with van der Waals surface area (Å²) in [5, 5.41) is 6.90. The van der Waals surface area contributed by atoms with Gasteiger partial charge < -0.3 is 15.0 Å². The van der Waals surface area contributed by atoms with Crippen LogP contribution in [0.3, 0.4) is 0 Å². The minimum Gasteiger partial charge on any atom is -0.480 e. The molecule has 2 aromatic heterocycles. The number of benzene rings is 1. The predicted molar refractivity (Wildman–Crippen MR) is 114 cm³/mol. The molecule has 1 aromatic carbocycles. The average Bonchev–Trinajstić information content (AvgIpc) is 3.05. The molecule has 11 heteroatoms. The Labute approximate surface area is 187 Å². The van der Waals surface area contributed by atoms with Crippen LogP contribution in [0.15, 0.2) is 36.4 Å². The first-order chi connectivity index (χ1) is 15.6. The Morgan fingerprint density at radius 3 is 2.48 bits per heavy atom. The number of hydrogen-bond donors (Lipinski definition) is 1. The van der Waals surface area contributed by atoms with Crippen molar-refractivity contribution in [2.45, 2.75) is 26.6 Å². The highest BCUT2D eigenvalue weighted by Crippen LogP contribution is 2.40. The molecule has 3 aromatic rings. The van der Waals surface area contributed by atoms with Gasteiger partial charge >= 0.3 is 6.18 Å². The average molecular weight is 459 g/mol. The van der Waals surface area contributed by atoms with E-state index in [4.69, 9.17) is 4.74 Å². The molecule has 2 amide bonds. The number of rotatable bonds is 4. The van der Waals surface area contributed by atoms with Crippen LogP contribution in [0.25, 0.3) is 11.3 Å². The minimum absolute atomic E-state index is 0.104. The fourth-order valence-electron chi connectivity index (χ4n) is 3.70. The van der Waals surface area contributed by atoms with Gasteiger partial charge in [0.15, 0.2) is 0 Å². The Morgan fingerprint density at radius 1 is 1.15 bits per heavy atom. The van der Waals surface area contributed by atoms with Gasteiger partial charge in [-0.05, 0) is 50.2 Å². The summed E-state index contributed by atoms with van der Waals surface area (Å²) in [6, 6.07) is 7.56. The first-order valence-corrected chi connectivity index (χ1v) is 9.94. The number of nitrogens with one attached hydrogen (secondary N) is 1. The van der Waals surface area contributed by atoms with Crippen LogP contribution >= 0.6 is 0 Å². The molecule has 33 heavy (non-hydrogen) atoms. The van der Waals surface area contributed by atoms with E-state index in [9.17, 15) is 22.8 Å². The molecule has 1 aliphatic heterocycles. The predicted octanol–water partition coefficient (Wildman–Crippen LogP) is 3.57. The van der Waals surface area contributed by atoms with Crippen molar-refractivity contribution in [3.8, 4) is 17.1 Å². The maximum absolute atomic E-state index is 13.1. The first kappa shape index (κ1) is 22.3. The largest absolute Gasteiger partial charge is 0.480 e. The Hall–Kier alpha value is -3.89. The van der Waals surface area contributed by atoms with Gasteiger partial charge in [0, 0.05) is 11.4 Å². The van der Waals surface area contributed by atoms with Crippen LogP contribution in [-0.4, -0.2) is 40.2 Å². The molecule has 0 bridgehead atoms. The number of alkyl halides is 3. The first-order valence-electron chi connectivity index (χ1n) is 9.94. The normalized spacial score (nSPS) is 13.3. The number of carbonyl (C=O) groups excluding carboxylic acids is 2. The number of aromatic nitrogens is 3. The third kappa shape index (κ3) is 4.38. The van der Waals surface area contributed by atoms with Crippen molar-refractivity contribution in [3.63, 3.8) is 0 Å². The van der Waals surface area contributed by atoms with Crippen molar-refractivity contribution < 1.29 is 27.5 Å². The lowest BCUT2D eigenvalue weighted by Gasteiger charge is -2.23. The lowest BCUT2D eigenvalue weighted by atomic mass is 10.1. The molecular formula is C22H20F3N5O3. The zero-order valence-corrected chi connectivity index (χ0v) is 18.0. The zero-order valence-electron chi connectivity index (χ0n) is 18.0. The van der Waals surface area contributed by atoms with Crippen LogP contribution in [0.2, 0.25) is 0 Å². The van der Waals surface area contributed by atoms with E-state index < -0.39 is 17.6 Å². The Morgan fingerprint density at radius 2 is 1.85 bits per heavy atom. The van der Waals surface area contributed by atoms with E-state index in [-0.39, 0.29) is 30.6 Å². The van der Waals surface area contributed by atoms with E-state index in [0.717, 1.165) is 24.3 Å². The summed E-state index contributed by atoms with van der Waals surface area (Å²) in [7, 11) is 1.46. The number of hydrogen-bond acceptors (Lipinski definition) is 5. The van der Waals surface area contributed by atoms with E-state index in [1.165, 1.54) is 16.7 Å². The van der Waals surface area contributed by atoms with E-state index in [0.29, 0.717) is 28.3 Å². The molecule has 0 radical (unpaired) electrons. The molecule has 0 atom stereocenters. The minimum atomic E-state index is -4.47. The molecule has 3 heterocycles. The van der Waals surface area contributed by atoms with Crippen LogP contribution < -0.4 is 15.0 Å². The van der Waals surface area contributed by atoms with Gasteiger partial charge in [0.05, 0.1) is 35.3 Å². The van der Waals surface area contributed by atoms with Crippen LogP contribution in [0.4, 0.5) is 24.5 Å². The Balaban J connectivity index is 1.66. The van der Waals surface area contributed by atoms with Crippen LogP contribution in [0.5, 0.6) is 5.88 Å². The van der Waals surface area contributed by atoms with Crippen molar-refractivity contribution in [2.24, 2.45) is 0 Å². The Kier molecular flexibility index (Phi) is 5.56. The number of methoxy groups -OCH3 is 1. The molecule has 0 aliphatic carbocycles. The number of carbonyl (C=O) groups is 2. The van der Waals surface area contributed by atoms with Gasteiger partial charge in [-0.25, -0.2) is 4.98 Å². The van der Waals surface area contributed by atoms with Crippen molar-refractivity contribution >= 4 is 23.2 Å². The molecule has 0 saturated carbocycles. The molecule has 4 rings (SSSR count). The molecule has 1 N–H and O–H groups in total. The van der Waals surface area contributed by atoms with Crippen LogP contribution in [0, 0.1) is 13.8 Å². The summed E-state index contributed by atoms with van der Waals surface area (Å²) in [4.78, 5) is 31.5. The third-order valence-corrected chi connectivity index (χ3v) is 5.12. The molecule has 0 unspecified atom stereocenters. The quantitative estimate of drug-likeness (QED) is 0.644. The van der Waals surface area contributed by atoms with Crippen molar-refractivity contribution in [2.75, 3.05) is 23.9 Å². The molecule has 0 saturated heterocycles. The van der Waals surface area contributed by atoms with Gasteiger partial charge in [0.1, 0.15) is 13.1 Å². The molecular weight excluding hydrogens is 439 g/mol. The number of halogens is 3. The fourth-order valence-corrected chi connectivity index (χ4v) is 3.70. The zero-order chi connectivity index (χ0) is 23.9. The topological polar surface area (TPSA) is 89.4 Å². The summed E-state index contributed by atoms with van der Waals surface area (Å²) in [6.45, 7) is 3.08. The molecule has 0 fully saturated rings. The van der Waals surface area contributed by atoms with E-state index in [2.05, 4.69) is 15.4 Å².